The van der Waals surface area contributed by atoms with Gasteiger partial charge >= 0.3 is 0 Å². The van der Waals surface area contributed by atoms with Crippen LogP contribution in [-0.4, -0.2) is 10.9 Å². The van der Waals surface area contributed by atoms with Gasteiger partial charge in [-0.15, -0.1) is 0 Å². The van der Waals surface area contributed by atoms with E-state index in [1.54, 1.807) is 12.1 Å². The monoisotopic (exact) mass is 255 g/mol. The molecule has 19 heavy (non-hydrogen) atoms. The highest BCUT2D eigenvalue weighted by Gasteiger charge is 2.10. The maximum atomic E-state index is 12.1. The SMILES string of the molecule is CC(C)c1ccccc1NC(=O)c1ccc(N)nc1. The standard InChI is InChI=1S/C15H17N3O/c1-10(2)12-5-3-4-6-13(12)18-15(19)11-7-8-14(16)17-9-11/h3-10H,1-2H3,(H2,16,17)(H,18,19). The van der Waals surface area contributed by atoms with Crippen molar-refractivity contribution in [3.05, 3.63) is 53.7 Å². The lowest BCUT2D eigenvalue weighted by Crippen LogP contribution is -2.14. The number of benzene rings is 1. The van der Waals surface area contributed by atoms with Crippen LogP contribution in [0.2, 0.25) is 0 Å². The average Bonchev–Trinajstić information content (AvgIpc) is 2.39. The van der Waals surface area contributed by atoms with Crippen LogP contribution in [0.1, 0.15) is 35.7 Å². The molecular weight excluding hydrogens is 238 g/mol. The number of nitrogens with two attached hydrogens (primary N) is 1. The molecule has 1 aromatic carbocycles. The molecule has 0 fully saturated rings. The maximum absolute atomic E-state index is 12.1. The lowest BCUT2D eigenvalue weighted by Gasteiger charge is -2.13. The zero-order chi connectivity index (χ0) is 13.8. The molecule has 0 aliphatic rings. The summed E-state index contributed by atoms with van der Waals surface area (Å²) >= 11 is 0. The van der Waals surface area contributed by atoms with E-state index in [2.05, 4.69) is 24.1 Å². The molecule has 2 aromatic rings. The Morgan fingerprint density at radius 3 is 2.58 bits per heavy atom. The summed E-state index contributed by atoms with van der Waals surface area (Å²) in [4.78, 5) is 16.0. The number of nitrogen functional groups attached to an aromatic ring is 1. The van der Waals surface area contributed by atoms with Crippen molar-refractivity contribution in [2.75, 3.05) is 11.1 Å². The van der Waals surface area contributed by atoms with Gasteiger partial charge in [0.1, 0.15) is 5.82 Å². The lowest BCUT2D eigenvalue weighted by molar-refractivity contribution is 0.102. The van der Waals surface area contributed by atoms with Crippen LogP contribution < -0.4 is 11.1 Å². The van der Waals surface area contributed by atoms with Crippen molar-refractivity contribution in [3.63, 3.8) is 0 Å². The van der Waals surface area contributed by atoms with Crippen molar-refractivity contribution in [1.82, 2.24) is 4.98 Å². The average molecular weight is 255 g/mol. The Balaban J connectivity index is 2.22. The number of carbonyl (C=O) groups excluding carboxylic acids is 1. The van der Waals surface area contributed by atoms with Gasteiger partial charge in [-0.3, -0.25) is 4.79 Å². The molecule has 98 valence electrons. The molecule has 4 nitrogen and oxygen atoms in total. The van der Waals surface area contributed by atoms with Crippen LogP contribution in [0.5, 0.6) is 0 Å². The fourth-order valence-electron chi connectivity index (χ4n) is 1.85. The number of hydrogen-bond acceptors (Lipinski definition) is 3. The van der Waals surface area contributed by atoms with Gasteiger partial charge in [0, 0.05) is 11.9 Å². The maximum Gasteiger partial charge on any atom is 0.257 e. The molecule has 4 heteroatoms. The smallest absolute Gasteiger partial charge is 0.257 e. The minimum atomic E-state index is -0.180. The predicted molar refractivity (Wildman–Crippen MR) is 77.1 cm³/mol. The Morgan fingerprint density at radius 1 is 1.21 bits per heavy atom. The first-order valence-electron chi connectivity index (χ1n) is 6.19. The van der Waals surface area contributed by atoms with Crippen LogP contribution in [0.15, 0.2) is 42.6 Å². The fourth-order valence-corrected chi connectivity index (χ4v) is 1.85. The van der Waals surface area contributed by atoms with Crippen LogP contribution in [0.4, 0.5) is 11.5 Å². The number of para-hydroxylation sites is 1. The van der Waals surface area contributed by atoms with Crippen LogP contribution in [0.3, 0.4) is 0 Å². The van der Waals surface area contributed by atoms with Gasteiger partial charge in [0.05, 0.1) is 5.56 Å². The number of nitrogens with zero attached hydrogens (tertiary/aromatic N) is 1. The van der Waals surface area contributed by atoms with Crippen molar-refractivity contribution in [1.29, 1.82) is 0 Å². The third-order valence-electron chi connectivity index (χ3n) is 2.88. The van der Waals surface area contributed by atoms with Crippen molar-refractivity contribution in [3.8, 4) is 0 Å². The number of carbonyl (C=O) groups is 1. The zero-order valence-corrected chi connectivity index (χ0v) is 11.1. The third kappa shape index (κ3) is 3.10. The molecule has 0 atom stereocenters. The molecule has 3 N–H and O–H groups in total. The topological polar surface area (TPSA) is 68.0 Å². The Kier molecular flexibility index (Phi) is 3.80. The van der Waals surface area contributed by atoms with Gasteiger partial charge in [0.25, 0.3) is 5.91 Å². The Hall–Kier alpha value is -2.36. The van der Waals surface area contributed by atoms with Gasteiger partial charge < -0.3 is 11.1 Å². The normalized spacial score (nSPS) is 10.5. The van der Waals surface area contributed by atoms with Crippen LogP contribution in [0, 0.1) is 0 Å². The van der Waals surface area contributed by atoms with Crippen molar-refractivity contribution < 1.29 is 4.79 Å². The summed E-state index contributed by atoms with van der Waals surface area (Å²) in [6.07, 6.45) is 1.47. The summed E-state index contributed by atoms with van der Waals surface area (Å²) in [6, 6.07) is 11.1. The largest absolute Gasteiger partial charge is 0.384 e. The molecule has 2 rings (SSSR count). The molecule has 1 heterocycles. The van der Waals surface area contributed by atoms with Crippen molar-refractivity contribution in [2.24, 2.45) is 0 Å². The summed E-state index contributed by atoms with van der Waals surface area (Å²) < 4.78 is 0. The van der Waals surface area contributed by atoms with Crippen molar-refractivity contribution >= 4 is 17.4 Å². The highest BCUT2D eigenvalue weighted by Crippen LogP contribution is 2.24. The van der Waals surface area contributed by atoms with Gasteiger partial charge in [-0.25, -0.2) is 4.98 Å². The molecule has 0 saturated heterocycles. The Morgan fingerprint density at radius 2 is 1.95 bits per heavy atom. The summed E-state index contributed by atoms with van der Waals surface area (Å²) in [5.41, 5.74) is 7.94. The Labute approximate surface area is 112 Å². The first kappa shape index (κ1) is 13.1. The number of nitrogens with one attached hydrogen (secondary N) is 1. The molecule has 0 spiro atoms. The number of pyridine rings is 1. The van der Waals surface area contributed by atoms with Crippen LogP contribution in [0.25, 0.3) is 0 Å². The third-order valence-corrected chi connectivity index (χ3v) is 2.88. The van der Waals surface area contributed by atoms with E-state index in [4.69, 9.17) is 5.73 Å². The number of rotatable bonds is 3. The van der Waals surface area contributed by atoms with Crippen LogP contribution >= 0.6 is 0 Å². The van der Waals surface area contributed by atoms with E-state index in [1.165, 1.54) is 6.20 Å². The number of hydrogen-bond donors (Lipinski definition) is 2. The van der Waals surface area contributed by atoms with Crippen LogP contribution in [-0.2, 0) is 0 Å². The first-order chi connectivity index (χ1) is 9.08. The van der Waals surface area contributed by atoms with E-state index in [9.17, 15) is 4.79 Å². The van der Waals surface area contributed by atoms with Gasteiger partial charge in [0.15, 0.2) is 0 Å². The first-order valence-corrected chi connectivity index (χ1v) is 6.19. The highest BCUT2D eigenvalue weighted by molar-refractivity contribution is 6.04. The second kappa shape index (κ2) is 5.52. The van der Waals surface area contributed by atoms with E-state index < -0.39 is 0 Å². The molecule has 0 unspecified atom stereocenters. The molecule has 0 radical (unpaired) electrons. The highest BCUT2D eigenvalue weighted by atomic mass is 16.1. The molecular formula is C15H17N3O. The van der Waals surface area contributed by atoms with E-state index in [-0.39, 0.29) is 5.91 Å². The molecule has 0 aliphatic heterocycles. The quantitative estimate of drug-likeness (QED) is 0.885. The van der Waals surface area contributed by atoms with Crippen molar-refractivity contribution in [2.45, 2.75) is 19.8 Å². The Bertz CT molecular complexity index is 576. The van der Waals surface area contributed by atoms with Gasteiger partial charge in [0.2, 0.25) is 0 Å². The lowest BCUT2D eigenvalue weighted by atomic mass is 10.0. The van der Waals surface area contributed by atoms with Gasteiger partial charge in [-0.2, -0.15) is 0 Å². The second-order valence-corrected chi connectivity index (χ2v) is 4.67. The minimum absolute atomic E-state index is 0.180. The summed E-state index contributed by atoms with van der Waals surface area (Å²) in [5.74, 6) is 0.570. The van der Waals surface area contributed by atoms with E-state index in [0.717, 1.165) is 11.3 Å². The summed E-state index contributed by atoms with van der Waals surface area (Å²) in [7, 11) is 0. The van der Waals surface area contributed by atoms with Gasteiger partial charge in [-0.05, 0) is 29.7 Å². The molecule has 0 saturated carbocycles. The second-order valence-electron chi connectivity index (χ2n) is 4.67. The fraction of sp³-hybridized carbons (Fsp3) is 0.200. The van der Waals surface area contributed by atoms with E-state index >= 15 is 0 Å². The minimum Gasteiger partial charge on any atom is -0.384 e. The number of anilines is 2. The zero-order valence-electron chi connectivity index (χ0n) is 11.1. The molecule has 1 amide bonds. The number of aromatic nitrogens is 1. The molecule has 0 bridgehead atoms. The molecule has 0 aliphatic carbocycles. The van der Waals surface area contributed by atoms with E-state index in [1.807, 2.05) is 24.3 Å². The molecule has 1 aromatic heterocycles. The summed E-state index contributed by atoms with van der Waals surface area (Å²) in [6.45, 7) is 4.19. The summed E-state index contributed by atoms with van der Waals surface area (Å²) in [5, 5.41) is 2.91. The van der Waals surface area contributed by atoms with E-state index in [0.29, 0.717) is 17.3 Å². The van der Waals surface area contributed by atoms with Gasteiger partial charge in [-0.1, -0.05) is 32.0 Å². The number of amides is 1. The predicted octanol–water partition coefficient (Wildman–Crippen LogP) is 3.04.